The zero-order valence-electron chi connectivity index (χ0n) is 12.4. The van der Waals surface area contributed by atoms with Gasteiger partial charge in [-0.05, 0) is 49.3 Å². The van der Waals surface area contributed by atoms with Gasteiger partial charge in [-0.25, -0.2) is 0 Å². The highest BCUT2D eigenvalue weighted by molar-refractivity contribution is 6.31. The third kappa shape index (κ3) is 3.03. The van der Waals surface area contributed by atoms with E-state index in [1.165, 1.54) is 32.1 Å². The Kier molecular flexibility index (Phi) is 4.12. The number of piperidine rings is 1. The molecule has 1 amide bonds. The van der Waals surface area contributed by atoms with Crippen LogP contribution in [0.3, 0.4) is 0 Å². The molecule has 2 aliphatic rings. The van der Waals surface area contributed by atoms with Gasteiger partial charge in [0.15, 0.2) is 0 Å². The Morgan fingerprint density at radius 1 is 1.10 bits per heavy atom. The molecular weight excluding hydrogens is 284 g/mol. The summed E-state index contributed by atoms with van der Waals surface area (Å²) >= 11 is 5.90. The molecule has 2 fully saturated rings. The number of anilines is 1. The number of hydrogen-bond donors (Lipinski definition) is 1. The molecule has 21 heavy (non-hydrogen) atoms. The van der Waals surface area contributed by atoms with Crippen LogP contribution < -0.4 is 5.73 Å². The molecule has 1 spiro atoms. The Morgan fingerprint density at radius 3 is 2.38 bits per heavy atom. The molecule has 1 aromatic rings. The molecule has 0 bridgehead atoms. The zero-order chi connectivity index (χ0) is 14.9. The molecule has 114 valence electrons. The molecule has 1 aliphatic carbocycles. The van der Waals surface area contributed by atoms with Crippen LogP contribution in [0.2, 0.25) is 5.02 Å². The van der Waals surface area contributed by atoms with E-state index in [1.54, 1.807) is 18.2 Å². The predicted octanol–water partition coefficient (Wildman–Crippen LogP) is 4.11. The van der Waals surface area contributed by atoms with Crippen molar-refractivity contribution >= 4 is 23.2 Å². The minimum Gasteiger partial charge on any atom is -0.398 e. The van der Waals surface area contributed by atoms with Gasteiger partial charge in [0.1, 0.15) is 0 Å². The highest BCUT2D eigenvalue weighted by Gasteiger charge is 2.36. The Labute approximate surface area is 131 Å². The van der Waals surface area contributed by atoms with E-state index in [2.05, 4.69) is 0 Å². The second-order valence-electron chi connectivity index (χ2n) is 6.58. The first-order chi connectivity index (χ1) is 10.1. The minimum absolute atomic E-state index is 0.0508. The molecule has 3 nitrogen and oxygen atoms in total. The van der Waals surface area contributed by atoms with Crippen LogP contribution in [0.4, 0.5) is 5.69 Å². The van der Waals surface area contributed by atoms with Gasteiger partial charge in [0.2, 0.25) is 0 Å². The van der Waals surface area contributed by atoms with Crippen molar-refractivity contribution < 1.29 is 4.79 Å². The molecule has 0 atom stereocenters. The number of carbonyl (C=O) groups is 1. The molecule has 3 rings (SSSR count). The van der Waals surface area contributed by atoms with Gasteiger partial charge < -0.3 is 10.6 Å². The van der Waals surface area contributed by atoms with Crippen molar-refractivity contribution in [2.45, 2.75) is 44.9 Å². The van der Waals surface area contributed by atoms with E-state index < -0.39 is 0 Å². The zero-order valence-corrected chi connectivity index (χ0v) is 13.2. The molecule has 4 heteroatoms. The largest absolute Gasteiger partial charge is 0.398 e. The standard InChI is InChI=1S/C17H23ClN2O/c18-13-4-5-14(15(19)12-13)16(21)20-10-8-17(9-11-20)6-2-1-3-7-17/h4-5,12H,1-3,6-11,19H2. The average Bonchev–Trinajstić information content (AvgIpc) is 2.48. The lowest BCUT2D eigenvalue weighted by Gasteiger charge is -2.44. The highest BCUT2D eigenvalue weighted by Crippen LogP contribution is 2.44. The third-order valence-electron chi connectivity index (χ3n) is 5.27. The molecule has 0 unspecified atom stereocenters. The smallest absolute Gasteiger partial charge is 0.255 e. The Hall–Kier alpha value is -1.22. The maximum atomic E-state index is 12.6. The monoisotopic (exact) mass is 306 g/mol. The Bertz CT molecular complexity index is 528. The fraction of sp³-hybridized carbons (Fsp3) is 0.588. The van der Waals surface area contributed by atoms with Crippen molar-refractivity contribution in [2.24, 2.45) is 5.41 Å². The molecule has 1 aliphatic heterocycles. The van der Waals surface area contributed by atoms with Crippen LogP contribution in [0, 0.1) is 5.41 Å². The van der Waals surface area contributed by atoms with Crippen LogP contribution in [0.25, 0.3) is 0 Å². The molecule has 1 saturated carbocycles. The number of benzene rings is 1. The SMILES string of the molecule is Nc1cc(Cl)ccc1C(=O)N1CCC2(CCCCC2)CC1. The summed E-state index contributed by atoms with van der Waals surface area (Å²) in [6, 6.07) is 5.13. The number of nitrogens with zero attached hydrogens (tertiary/aromatic N) is 1. The van der Waals surface area contributed by atoms with E-state index in [1.807, 2.05) is 4.90 Å². The van der Waals surface area contributed by atoms with Gasteiger partial charge in [-0.2, -0.15) is 0 Å². The van der Waals surface area contributed by atoms with Crippen molar-refractivity contribution in [3.05, 3.63) is 28.8 Å². The maximum Gasteiger partial charge on any atom is 0.255 e. The lowest BCUT2D eigenvalue weighted by molar-refractivity contribution is 0.0473. The van der Waals surface area contributed by atoms with E-state index >= 15 is 0 Å². The number of nitrogens with two attached hydrogens (primary N) is 1. The van der Waals surface area contributed by atoms with Gasteiger partial charge in [-0.3, -0.25) is 4.79 Å². The average molecular weight is 307 g/mol. The van der Waals surface area contributed by atoms with Crippen LogP contribution in [0.5, 0.6) is 0 Å². The minimum atomic E-state index is 0.0508. The number of hydrogen-bond acceptors (Lipinski definition) is 2. The second kappa shape index (κ2) is 5.88. The van der Waals surface area contributed by atoms with E-state index in [0.717, 1.165) is 25.9 Å². The number of amides is 1. The fourth-order valence-electron chi connectivity index (χ4n) is 3.88. The van der Waals surface area contributed by atoms with Crippen molar-refractivity contribution in [3.8, 4) is 0 Å². The molecular formula is C17H23ClN2O. The van der Waals surface area contributed by atoms with Crippen LogP contribution in [-0.2, 0) is 0 Å². The topological polar surface area (TPSA) is 46.3 Å². The summed E-state index contributed by atoms with van der Waals surface area (Å²) < 4.78 is 0. The summed E-state index contributed by atoms with van der Waals surface area (Å²) in [5, 5.41) is 0.573. The molecule has 0 radical (unpaired) electrons. The first-order valence-corrected chi connectivity index (χ1v) is 8.32. The van der Waals surface area contributed by atoms with Gasteiger partial charge in [-0.15, -0.1) is 0 Å². The third-order valence-corrected chi connectivity index (χ3v) is 5.50. The fourth-order valence-corrected chi connectivity index (χ4v) is 4.07. The summed E-state index contributed by atoms with van der Waals surface area (Å²) in [6.45, 7) is 1.72. The molecule has 2 N–H and O–H groups in total. The van der Waals surface area contributed by atoms with Crippen LogP contribution in [-0.4, -0.2) is 23.9 Å². The first-order valence-electron chi connectivity index (χ1n) is 7.94. The van der Waals surface area contributed by atoms with Crippen molar-refractivity contribution in [1.29, 1.82) is 0 Å². The Morgan fingerprint density at radius 2 is 1.76 bits per heavy atom. The molecule has 0 aromatic heterocycles. The van der Waals surface area contributed by atoms with Crippen LogP contribution >= 0.6 is 11.6 Å². The van der Waals surface area contributed by atoms with E-state index in [4.69, 9.17) is 17.3 Å². The molecule has 1 aromatic carbocycles. The molecule has 1 heterocycles. The first kappa shape index (κ1) is 14.7. The summed E-state index contributed by atoms with van der Waals surface area (Å²) in [5.41, 5.74) is 7.51. The Balaban J connectivity index is 1.67. The van der Waals surface area contributed by atoms with Gasteiger partial charge >= 0.3 is 0 Å². The number of likely N-dealkylation sites (tertiary alicyclic amines) is 1. The summed E-state index contributed by atoms with van der Waals surface area (Å²) in [4.78, 5) is 14.6. The van der Waals surface area contributed by atoms with E-state index in [-0.39, 0.29) is 5.91 Å². The van der Waals surface area contributed by atoms with Gasteiger partial charge in [0, 0.05) is 23.8 Å². The van der Waals surface area contributed by atoms with Crippen LogP contribution in [0.15, 0.2) is 18.2 Å². The van der Waals surface area contributed by atoms with Crippen molar-refractivity contribution in [3.63, 3.8) is 0 Å². The predicted molar refractivity (Wildman–Crippen MR) is 86.5 cm³/mol. The van der Waals surface area contributed by atoms with Gasteiger partial charge in [0.05, 0.1) is 5.56 Å². The van der Waals surface area contributed by atoms with Gasteiger partial charge in [0.25, 0.3) is 5.91 Å². The number of carbonyl (C=O) groups excluding carboxylic acids is 1. The van der Waals surface area contributed by atoms with Crippen molar-refractivity contribution in [2.75, 3.05) is 18.8 Å². The summed E-state index contributed by atoms with van der Waals surface area (Å²) in [7, 11) is 0. The van der Waals surface area contributed by atoms with Crippen molar-refractivity contribution in [1.82, 2.24) is 4.90 Å². The number of rotatable bonds is 1. The maximum absolute atomic E-state index is 12.6. The normalized spacial score (nSPS) is 21.5. The van der Waals surface area contributed by atoms with Gasteiger partial charge in [-0.1, -0.05) is 30.9 Å². The highest BCUT2D eigenvalue weighted by atomic mass is 35.5. The summed E-state index contributed by atoms with van der Waals surface area (Å²) in [5.74, 6) is 0.0508. The van der Waals surface area contributed by atoms with E-state index in [9.17, 15) is 4.79 Å². The van der Waals surface area contributed by atoms with E-state index in [0.29, 0.717) is 21.7 Å². The lowest BCUT2D eigenvalue weighted by Crippen LogP contribution is -2.44. The summed E-state index contributed by atoms with van der Waals surface area (Å²) in [6.07, 6.45) is 9.08. The number of halogens is 1. The second-order valence-corrected chi connectivity index (χ2v) is 7.02. The van der Waals surface area contributed by atoms with Crippen LogP contribution in [0.1, 0.15) is 55.3 Å². The quantitative estimate of drug-likeness (QED) is 0.794. The molecule has 1 saturated heterocycles. The lowest BCUT2D eigenvalue weighted by atomic mass is 9.68. The number of nitrogen functional groups attached to an aromatic ring is 1.